The van der Waals surface area contributed by atoms with E-state index in [-0.39, 0.29) is 5.91 Å². The predicted octanol–water partition coefficient (Wildman–Crippen LogP) is 1.40. The topological polar surface area (TPSA) is 71.2 Å². The number of hydrogen-bond donors (Lipinski definition) is 2. The number of nitrogens with two attached hydrogens (primary N) is 1. The van der Waals surface area contributed by atoms with Gasteiger partial charge >= 0.3 is 0 Å². The van der Waals surface area contributed by atoms with E-state index < -0.39 is 0 Å². The summed E-state index contributed by atoms with van der Waals surface area (Å²) >= 11 is 0. The standard InChI is InChI=1S/C14H24N4O/c1-3-5-9-18(10-7-15)12-6-8-17-13(11-12)14(19)16-4-2/h6,8,11H,3-5,7,9-10,15H2,1-2H3,(H,16,19). The van der Waals surface area contributed by atoms with E-state index in [1.54, 1.807) is 6.20 Å². The maximum atomic E-state index is 11.8. The molecular weight excluding hydrogens is 240 g/mol. The Kier molecular flexibility index (Phi) is 6.89. The fourth-order valence-corrected chi connectivity index (χ4v) is 1.87. The summed E-state index contributed by atoms with van der Waals surface area (Å²) in [6.07, 6.45) is 3.92. The average molecular weight is 264 g/mol. The molecule has 0 atom stereocenters. The molecule has 0 fully saturated rings. The summed E-state index contributed by atoms with van der Waals surface area (Å²) in [5, 5.41) is 2.76. The molecular formula is C14H24N4O. The molecule has 106 valence electrons. The van der Waals surface area contributed by atoms with Crippen LogP contribution in [-0.2, 0) is 0 Å². The van der Waals surface area contributed by atoms with Gasteiger partial charge in [0.25, 0.3) is 5.91 Å². The zero-order valence-corrected chi connectivity index (χ0v) is 11.9. The van der Waals surface area contributed by atoms with E-state index in [2.05, 4.69) is 22.1 Å². The third-order valence-corrected chi connectivity index (χ3v) is 2.86. The number of anilines is 1. The van der Waals surface area contributed by atoms with Crippen molar-refractivity contribution in [2.24, 2.45) is 5.73 Å². The summed E-state index contributed by atoms with van der Waals surface area (Å²) in [5.74, 6) is -0.132. The lowest BCUT2D eigenvalue weighted by molar-refractivity contribution is 0.0951. The number of hydrogen-bond acceptors (Lipinski definition) is 4. The first-order chi connectivity index (χ1) is 9.22. The first kappa shape index (κ1) is 15.4. The molecule has 0 aliphatic rings. The highest BCUT2D eigenvalue weighted by Gasteiger charge is 2.10. The zero-order valence-electron chi connectivity index (χ0n) is 11.9. The van der Waals surface area contributed by atoms with Gasteiger partial charge in [-0.05, 0) is 25.5 Å². The Morgan fingerprint density at radius 3 is 2.84 bits per heavy atom. The first-order valence-electron chi connectivity index (χ1n) is 6.92. The first-order valence-corrected chi connectivity index (χ1v) is 6.92. The Hall–Kier alpha value is -1.62. The summed E-state index contributed by atoms with van der Waals surface area (Å²) in [6, 6.07) is 3.75. The molecule has 19 heavy (non-hydrogen) atoms. The number of nitrogens with zero attached hydrogens (tertiary/aromatic N) is 2. The Balaban J connectivity index is 2.84. The lowest BCUT2D eigenvalue weighted by atomic mass is 10.2. The SMILES string of the molecule is CCCCN(CCN)c1ccnc(C(=O)NCC)c1. The molecule has 1 aromatic rings. The van der Waals surface area contributed by atoms with Crippen LogP contribution in [0.1, 0.15) is 37.2 Å². The van der Waals surface area contributed by atoms with Crippen LogP contribution in [0.4, 0.5) is 5.69 Å². The second-order valence-electron chi connectivity index (χ2n) is 4.39. The molecule has 1 aromatic heterocycles. The Morgan fingerprint density at radius 1 is 1.42 bits per heavy atom. The van der Waals surface area contributed by atoms with Gasteiger partial charge in [-0.3, -0.25) is 9.78 Å². The summed E-state index contributed by atoms with van der Waals surface area (Å²) < 4.78 is 0. The zero-order chi connectivity index (χ0) is 14.1. The van der Waals surface area contributed by atoms with Crippen LogP contribution in [0.5, 0.6) is 0 Å². The summed E-state index contributed by atoms with van der Waals surface area (Å²) in [5.41, 5.74) is 7.11. The maximum absolute atomic E-state index is 11.8. The molecule has 0 unspecified atom stereocenters. The molecule has 0 aromatic carbocycles. The number of amides is 1. The van der Waals surface area contributed by atoms with E-state index in [0.29, 0.717) is 18.8 Å². The summed E-state index contributed by atoms with van der Waals surface area (Å²) in [6.45, 7) is 7.00. The number of carbonyl (C=O) groups is 1. The molecule has 0 aliphatic heterocycles. The molecule has 0 radical (unpaired) electrons. The monoisotopic (exact) mass is 264 g/mol. The second kappa shape index (κ2) is 8.48. The Bertz CT molecular complexity index is 395. The van der Waals surface area contributed by atoms with Crippen molar-refractivity contribution < 1.29 is 4.79 Å². The van der Waals surface area contributed by atoms with Gasteiger partial charge in [-0.1, -0.05) is 13.3 Å². The van der Waals surface area contributed by atoms with Crippen molar-refractivity contribution in [2.45, 2.75) is 26.7 Å². The van der Waals surface area contributed by atoms with Crippen LogP contribution in [0.3, 0.4) is 0 Å². The van der Waals surface area contributed by atoms with Crippen molar-refractivity contribution in [1.82, 2.24) is 10.3 Å². The van der Waals surface area contributed by atoms with E-state index in [4.69, 9.17) is 5.73 Å². The molecule has 1 amide bonds. The number of pyridine rings is 1. The molecule has 5 heteroatoms. The highest BCUT2D eigenvalue weighted by Crippen LogP contribution is 2.15. The largest absolute Gasteiger partial charge is 0.370 e. The fraction of sp³-hybridized carbons (Fsp3) is 0.571. The molecule has 0 saturated carbocycles. The van der Waals surface area contributed by atoms with Crippen molar-refractivity contribution in [3.63, 3.8) is 0 Å². The molecule has 0 saturated heterocycles. The van der Waals surface area contributed by atoms with Gasteiger partial charge < -0.3 is 16.0 Å². The molecule has 5 nitrogen and oxygen atoms in total. The van der Waals surface area contributed by atoms with Gasteiger partial charge in [0.05, 0.1) is 0 Å². The normalized spacial score (nSPS) is 10.3. The van der Waals surface area contributed by atoms with Crippen LogP contribution in [0.25, 0.3) is 0 Å². The van der Waals surface area contributed by atoms with Gasteiger partial charge in [-0.2, -0.15) is 0 Å². The highest BCUT2D eigenvalue weighted by atomic mass is 16.1. The number of nitrogens with one attached hydrogen (secondary N) is 1. The van der Waals surface area contributed by atoms with Crippen molar-refractivity contribution in [3.05, 3.63) is 24.0 Å². The molecule has 0 spiro atoms. The van der Waals surface area contributed by atoms with Crippen LogP contribution in [0.2, 0.25) is 0 Å². The minimum atomic E-state index is -0.132. The average Bonchev–Trinajstić information content (AvgIpc) is 2.44. The van der Waals surface area contributed by atoms with Crippen LogP contribution in [0.15, 0.2) is 18.3 Å². The Labute approximate surface area is 115 Å². The number of rotatable bonds is 8. The van der Waals surface area contributed by atoms with Gasteiger partial charge in [-0.25, -0.2) is 0 Å². The lowest BCUT2D eigenvalue weighted by Gasteiger charge is -2.24. The van der Waals surface area contributed by atoms with Gasteiger partial charge in [-0.15, -0.1) is 0 Å². The fourth-order valence-electron chi connectivity index (χ4n) is 1.87. The minimum absolute atomic E-state index is 0.132. The van der Waals surface area contributed by atoms with Crippen LogP contribution < -0.4 is 16.0 Å². The number of carbonyl (C=O) groups excluding carboxylic acids is 1. The Morgan fingerprint density at radius 2 is 2.21 bits per heavy atom. The van der Waals surface area contributed by atoms with Crippen LogP contribution >= 0.6 is 0 Å². The maximum Gasteiger partial charge on any atom is 0.269 e. The predicted molar refractivity (Wildman–Crippen MR) is 78.4 cm³/mol. The lowest BCUT2D eigenvalue weighted by Crippen LogP contribution is -2.31. The molecule has 1 rings (SSSR count). The van der Waals surface area contributed by atoms with E-state index in [1.165, 1.54) is 0 Å². The minimum Gasteiger partial charge on any atom is -0.370 e. The second-order valence-corrected chi connectivity index (χ2v) is 4.39. The molecule has 1 heterocycles. The van der Waals surface area contributed by atoms with Gasteiger partial charge in [0.1, 0.15) is 5.69 Å². The van der Waals surface area contributed by atoms with Gasteiger partial charge in [0, 0.05) is 38.1 Å². The molecule has 3 N–H and O–H groups in total. The van der Waals surface area contributed by atoms with Crippen molar-refractivity contribution >= 4 is 11.6 Å². The number of unbranched alkanes of at least 4 members (excludes halogenated alkanes) is 1. The van der Waals surface area contributed by atoms with Gasteiger partial charge in [0.15, 0.2) is 0 Å². The third-order valence-electron chi connectivity index (χ3n) is 2.86. The molecule has 0 aliphatic carbocycles. The van der Waals surface area contributed by atoms with E-state index >= 15 is 0 Å². The summed E-state index contributed by atoms with van der Waals surface area (Å²) in [7, 11) is 0. The van der Waals surface area contributed by atoms with Crippen LogP contribution in [0, 0.1) is 0 Å². The quantitative estimate of drug-likeness (QED) is 0.744. The van der Waals surface area contributed by atoms with Crippen LogP contribution in [-0.4, -0.2) is 37.1 Å². The summed E-state index contributed by atoms with van der Waals surface area (Å²) in [4.78, 5) is 18.1. The number of aromatic nitrogens is 1. The van der Waals surface area contributed by atoms with Crippen molar-refractivity contribution in [3.8, 4) is 0 Å². The molecule has 0 bridgehead atoms. The smallest absolute Gasteiger partial charge is 0.269 e. The van der Waals surface area contributed by atoms with E-state index in [0.717, 1.165) is 31.6 Å². The highest BCUT2D eigenvalue weighted by molar-refractivity contribution is 5.93. The van der Waals surface area contributed by atoms with Crippen molar-refractivity contribution in [1.29, 1.82) is 0 Å². The van der Waals surface area contributed by atoms with Gasteiger partial charge in [0.2, 0.25) is 0 Å². The van der Waals surface area contributed by atoms with E-state index in [9.17, 15) is 4.79 Å². The van der Waals surface area contributed by atoms with Crippen molar-refractivity contribution in [2.75, 3.05) is 31.1 Å². The third kappa shape index (κ3) is 4.87. The van der Waals surface area contributed by atoms with E-state index in [1.807, 2.05) is 19.1 Å².